The Balaban J connectivity index is 2.01. The second-order valence-corrected chi connectivity index (χ2v) is 5.76. The Kier molecular flexibility index (Phi) is 4.17. The normalized spacial score (nSPS) is 15.6. The molecule has 21 heavy (non-hydrogen) atoms. The Labute approximate surface area is 129 Å². The number of aliphatic hydroxyl groups is 1. The molecule has 1 aliphatic carbocycles. The van der Waals surface area contributed by atoms with Crippen molar-refractivity contribution in [2.45, 2.75) is 38.2 Å². The number of aliphatic hydroxyl groups excluding tert-OH is 1. The molecule has 0 atom stereocenters. The van der Waals surface area contributed by atoms with Crippen LogP contribution in [-0.4, -0.2) is 22.0 Å². The van der Waals surface area contributed by atoms with E-state index in [1.807, 2.05) is 24.3 Å². The van der Waals surface area contributed by atoms with Gasteiger partial charge in [0.15, 0.2) is 0 Å². The average molecular weight is 307 g/mol. The fourth-order valence-corrected chi connectivity index (χ4v) is 3.31. The van der Waals surface area contributed by atoms with Gasteiger partial charge in [0.2, 0.25) is 0 Å². The molecule has 3 rings (SSSR count). The third-order valence-corrected chi connectivity index (χ3v) is 4.56. The molecule has 112 valence electrons. The van der Waals surface area contributed by atoms with Gasteiger partial charge in [-0.25, -0.2) is 4.68 Å². The minimum atomic E-state index is -0.0686. The van der Waals surface area contributed by atoms with Gasteiger partial charge in [-0.2, -0.15) is 5.10 Å². The predicted molar refractivity (Wildman–Crippen MR) is 82.3 cm³/mol. The first kappa shape index (κ1) is 14.4. The molecule has 1 aliphatic rings. The molecular formula is C16H19ClN2O2. The molecule has 1 aromatic heterocycles. The Morgan fingerprint density at radius 3 is 2.52 bits per heavy atom. The SMILES string of the molecule is COc1ccc(-n2nc(C3CCCC3)c(CO)c2Cl)cc1. The molecule has 1 heterocycles. The van der Waals surface area contributed by atoms with E-state index in [1.54, 1.807) is 11.8 Å². The quantitative estimate of drug-likeness (QED) is 0.937. The van der Waals surface area contributed by atoms with Gasteiger partial charge in [-0.05, 0) is 37.1 Å². The third-order valence-electron chi connectivity index (χ3n) is 4.17. The standard InChI is InChI=1S/C16H19ClN2O2/c1-21-13-8-6-12(7-9-13)19-16(17)14(10-20)15(18-19)11-4-2-3-5-11/h6-9,11,20H,2-5,10H2,1H3. The van der Waals surface area contributed by atoms with Crippen LogP contribution in [0, 0.1) is 0 Å². The summed E-state index contributed by atoms with van der Waals surface area (Å²) < 4.78 is 6.87. The lowest BCUT2D eigenvalue weighted by Gasteiger charge is -2.06. The summed E-state index contributed by atoms with van der Waals surface area (Å²) in [6.07, 6.45) is 4.71. The van der Waals surface area contributed by atoms with Crippen LogP contribution in [0.2, 0.25) is 5.15 Å². The zero-order valence-electron chi connectivity index (χ0n) is 12.1. The summed E-state index contributed by atoms with van der Waals surface area (Å²) >= 11 is 6.43. The number of halogens is 1. The monoisotopic (exact) mass is 306 g/mol. The maximum absolute atomic E-state index is 9.64. The van der Waals surface area contributed by atoms with Crippen LogP contribution in [0.4, 0.5) is 0 Å². The van der Waals surface area contributed by atoms with E-state index in [-0.39, 0.29) is 6.61 Å². The average Bonchev–Trinajstić information content (AvgIpc) is 3.15. The van der Waals surface area contributed by atoms with Crippen LogP contribution in [0.3, 0.4) is 0 Å². The van der Waals surface area contributed by atoms with E-state index < -0.39 is 0 Å². The van der Waals surface area contributed by atoms with Crippen molar-refractivity contribution in [3.05, 3.63) is 40.7 Å². The van der Waals surface area contributed by atoms with E-state index >= 15 is 0 Å². The summed E-state index contributed by atoms with van der Waals surface area (Å²) in [5.74, 6) is 1.21. The molecule has 1 aromatic carbocycles. The molecular weight excluding hydrogens is 288 g/mol. The highest BCUT2D eigenvalue weighted by Gasteiger charge is 2.26. The van der Waals surface area contributed by atoms with Crippen molar-refractivity contribution in [1.29, 1.82) is 0 Å². The number of hydrogen-bond acceptors (Lipinski definition) is 3. The summed E-state index contributed by atoms with van der Waals surface area (Å²) in [7, 11) is 1.64. The second kappa shape index (κ2) is 6.08. The smallest absolute Gasteiger partial charge is 0.138 e. The minimum Gasteiger partial charge on any atom is -0.497 e. The van der Waals surface area contributed by atoms with Crippen molar-refractivity contribution >= 4 is 11.6 Å². The summed E-state index contributed by atoms with van der Waals surface area (Å²) in [5.41, 5.74) is 2.59. The largest absolute Gasteiger partial charge is 0.497 e. The highest BCUT2D eigenvalue weighted by Crippen LogP contribution is 2.38. The van der Waals surface area contributed by atoms with Gasteiger partial charge in [-0.1, -0.05) is 24.4 Å². The minimum absolute atomic E-state index is 0.0686. The highest BCUT2D eigenvalue weighted by atomic mass is 35.5. The fraction of sp³-hybridized carbons (Fsp3) is 0.438. The number of methoxy groups -OCH3 is 1. The van der Waals surface area contributed by atoms with Crippen molar-refractivity contribution < 1.29 is 9.84 Å². The molecule has 0 amide bonds. The van der Waals surface area contributed by atoms with Crippen LogP contribution >= 0.6 is 11.6 Å². The van der Waals surface area contributed by atoms with Crippen LogP contribution in [0.1, 0.15) is 42.9 Å². The van der Waals surface area contributed by atoms with Gasteiger partial charge in [0.05, 0.1) is 25.1 Å². The van der Waals surface area contributed by atoms with Crippen molar-refractivity contribution in [3.8, 4) is 11.4 Å². The number of aromatic nitrogens is 2. The van der Waals surface area contributed by atoms with Crippen molar-refractivity contribution in [1.82, 2.24) is 9.78 Å². The maximum Gasteiger partial charge on any atom is 0.138 e. The molecule has 0 spiro atoms. The van der Waals surface area contributed by atoms with Crippen LogP contribution in [0.5, 0.6) is 5.75 Å². The Morgan fingerprint density at radius 1 is 1.29 bits per heavy atom. The second-order valence-electron chi connectivity index (χ2n) is 5.40. The first-order valence-electron chi connectivity index (χ1n) is 7.27. The number of nitrogens with zero attached hydrogens (tertiary/aromatic N) is 2. The Hall–Kier alpha value is -1.52. The summed E-state index contributed by atoms with van der Waals surface area (Å²) in [5, 5.41) is 14.8. The van der Waals surface area contributed by atoms with Gasteiger partial charge in [-0.15, -0.1) is 0 Å². The van der Waals surface area contributed by atoms with Gasteiger partial charge >= 0.3 is 0 Å². The molecule has 5 heteroatoms. The first-order chi connectivity index (χ1) is 10.2. The molecule has 0 saturated heterocycles. The van der Waals surface area contributed by atoms with E-state index in [2.05, 4.69) is 5.10 Å². The predicted octanol–water partition coefficient (Wildman–Crippen LogP) is 3.68. The summed E-state index contributed by atoms with van der Waals surface area (Å²) in [6.45, 7) is -0.0686. The summed E-state index contributed by atoms with van der Waals surface area (Å²) in [4.78, 5) is 0. The lowest BCUT2D eigenvalue weighted by atomic mass is 10.0. The maximum atomic E-state index is 9.64. The number of benzene rings is 1. The molecule has 0 unspecified atom stereocenters. The molecule has 1 saturated carbocycles. The third kappa shape index (κ3) is 2.65. The van der Waals surface area contributed by atoms with Crippen molar-refractivity contribution in [3.63, 3.8) is 0 Å². The van der Waals surface area contributed by atoms with Gasteiger partial charge in [0.25, 0.3) is 0 Å². The molecule has 0 bridgehead atoms. The lowest BCUT2D eigenvalue weighted by Crippen LogP contribution is -2.00. The Morgan fingerprint density at radius 2 is 1.95 bits per heavy atom. The fourth-order valence-electron chi connectivity index (χ4n) is 3.01. The van der Waals surface area contributed by atoms with E-state index in [0.717, 1.165) is 35.5 Å². The molecule has 0 radical (unpaired) electrons. The van der Waals surface area contributed by atoms with Crippen molar-refractivity contribution in [2.75, 3.05) is 7.11 Å². The topological polar surface area (TPSA) is 47.3 Å². The number of rotatable bonds is 4. The molecule has 1 N–H and O–H groups in total. The van der Waals surface area contributed by atoms with Gasteiger partial charge in [0, 0.05) is 11.5 Å². The van der Waals surface area contributed by atoms with E-state index in [9.17, 15) is 5.11 Å². The van der Waals surface area contributed by atoms with E-state index in [0.29, 0.717) is 11.1 Å². The van der Waals surface area contributed by atoms with Crippen molar-refractivity contribution in [2.24, 2.45) is 0 Å². The van der Waals surface area contributed by atoms with Crippen LogP contribution < -0.4 is 4.74 Å². The molecule has 1 fully saturated rings. The first-order valence-corrected chi connectivity index (χ1v) is 7.65. The number of ether oxygens (including phenoxy) is 1. The lowest BCUT2D eigenvalue weighted by molar-refractivity contribution is 0.280. The van der Waals surface area contributed by atoms with Crippen LogP contribution in [0.15, 0.2) is 24.3 Å². The highest BCUT2D eigenvalue weighted by molar-refractivity contribution is 6.30. The number of hydrogen-bond donors (Lipinski definition) is 1. The van der Waals surface area contributed by atoms with Crippen LogP contribution in [-0.2, 0) is 6.61 Å². The van der Waals surface area contributed by atoms with E-state index in [4.69, 9.17) is 16.3 Å². The Bertz CT molecular complexity index is 616. The van der Waals surface area contributed by atoms with Gasteiger partial charge in [-0.3, -0.25) is 0 Å². The molecule has 2 aromatic rings. The van der Waals surface area contributed by atoms with E-state index in [1.165, 1.54) is 12.8 Å². The van der Waals surface area contributed by atoms with Gasteiger partial charge in [0.1, 0.15) is 10.9 Å². The zero-order chi connectivity index (χ0) is 14.8. The molecule has 0 aliphatic heterocycles. The summed E-state index contributed by atoms with van der Waals surface area (Å²) in [6, 6.07) is 7.58. The zero-order valence-corrected chi connectivity index (χ0v) is 12.8. The molecule has 4 nitrogen and oxygen atoms in total. The van der Waals surface area contributed by atoms with Crippen LogP contribution in [0.25, 0.3) is 5.69 Å². The van der Waals surface area contributed by atoms with Gasteiger partial charge < -0.3 is 9.84 Å².